The summed E-state index contributed by atoms with van der Waals surface area (Å²) in [6.07, 6.45) is -2.72. The molecule has 1 atom stereocenters. The van der Waals surface area contributed by atoms with E-state index in [9.17, 15) is 13.2 Å². The third-order valence-corrected chi connectivity index (χ3v) is 5.40. The molecule has 1 heterocycles. The number of hydrogen-bond donors (Lipinski definition) is 1. The van der Waals surface area contributed by atoms with Gasteiger partial charge in [-0.1, -0.05) is 25.6 Å². The van der Waals surface area contributed by atoms with Gasteiger partial charge in [-0.2, -0.15) is 0 Å². The summed E-state index contributed by atoms with van der Waals surface area (Å²) in [5, 5.41) is 3.91. The minimum Gasteiger partial charge on any atom is -0.406 e. The fourth-order valence-electron chi connectivity index (χ4n) is 3.23. The molecule has 0 amide bonds. The van der Waals surface area contributed by atoms with Crippen molar-refractivity contribution in [1.82, 2.24) is 10.2 Å². The average Bonchev–Trinajstić information content (AvgIpc) is 2.63. The SMILES string of the molecule is CNC1=NC(c2cc(C)cc(OC(F)(F)F)c2)=CC(CN(CCOC)CC(C)C)S1. The highest BCUT2D eigenvalue weighted by atomic mass is 32.2. The van der Waals surface area contributed by atoms with Crippen molar-refractivity contribution in [1.29, 1.82) is 0 Å². The predicted molar refractivity (Wildman–Crippen MR) is 117 cm³/mol. The van der Waals surface area contributed by atoms with Crippen LogP contribution in [0.2, 0.25) is 0 Å². The van der Waals surface area contributed by atoms with Gasteiger partial charge in [0.05, 0.1) is 12.3 Å². The first-order valence-corrected chi connectivity index (χ1v) is 10.7. The van der Waals surface area contributed by atoms with Crippen LogP contribution in [0.25, 0.3) is 5.70 Å². The zero-order valence-electron chi connectivity index (χ0n) is 18.0. The molecular weight excluding hydrogens is 415 g/mol. The van der Waals surface area contributed by atoms with Crippen LogP contribution in [0, 0.1) is 12.8 Å². The fourth-order valence-corrected chi connectivity index (χ4v) is 4.27. The summed E-state index contributed by atoms with van der Waals surface area (Å²) in [4.78, 5) is 6.92. The number of rotatable bonds is 9. The lowest BCUT2D eigenvalue weighted by Gasteiger charge is -2.29. The maximum absolute atomic E-state index is 12.7. The van der Waals surface area contributed by atoms with Crippen LogP contribution >= 0.6 is 11.8 Å². The van der Waals surface area contributed by atoms with E-state index in [0.717, 1.165) is 24.8 Å². The lowest BCUT2D eigenvalue weighted by atomic mass is 10.1. The van der Waals surface area contributed by atoms with E-state index < -0.39 is 6.36 Å². The summed E-state index contributed by atoms with van der Waals surface area (Å²) < 4.78 is 47.4. The Kier molecular flexibility index (Phi) is 9.06. The molecule has 0 aliphatic carbocycles. The number of alkyl halides is 3. The van der Waals surface area contributed by atoms with Crippen molar-refractivity contribution < 1.29 is 22.6 Å². The van der Waals surface area contributed by atoms with Gasteiger partial charge in [-0.15, -0.1) is 13.2 Å². The lowest BCUT2D eigenvalue weighted by Crippen LogP contribution is -2.37. The molecule has 0 saturated carbocycles. The van der Waals surface area contributed by atoms with Crippen molar-refractivity contribution in [2.45, 2.75) is 32.4 Å². The molecule has 0 spiro atoms. The lowest BCUT2D eigenvalue weighted by molar-refractivity contribution is -0.274. The Morgan fingerprint density at radius 1 is 1.27 bits per heavy atom. The molecule has 0 aromatic heterocycles. The number of thioether (sulfide) groups is 1. The van der Waals surface area contributed by atoms with Gasteiger partial charge in [-0.25, -0.2) is 4.99 Å². The smallest absolute Gasteiger partial charge is 0.406 e. The monoisotopic (exact) mass is 445 g/mol. The number of methoxy groups -OCH3 is 1. The first-order chi connectivity index (χ1) is 14.1. The zero-order chi connectivity index (χ0) is 22.3. The first kappa shape index (κ1) is 24.6. The summed E-state index contributed by atoms with van der Waals surface area (Å²) in [6.45, 7) is 9.26. The standard InChI is InChI=1S/C21H30F3N3O2S/c1-14(2)12-27(6-7-28-5)13-18-11-19(26-20(25-4)30-18)16-8-15(3)9-17(10-16)29-21(22,23)24/h8-11,14,18H,6-7,12-13H2,1-5H3,(H,25,26). The molecule has 1 aliphatic rings. The third kappa shape index (κ3) is 8.20. The van der Waals surface area contributed by atoms with Crippen LogP contribution in [-0.4, -0.2) is 62.1 Å². The number of nitrogens with one attached hydrogen (secondary N) is 1. The summed E-state index contributed by atoms with van der Waals surface area (Å²) in [5.74, 6) is 0.270. The van der Waals surface area contributed by atoms with Crippen LogP contribution in [0.1, 0.15) is 25.0 Å². The second-order valence-electron chi connectivity index (χ2n) is 7.60. The van der Waals surface area contributed by atoms with Crippen molar-refractivity contribution in [2.75, 3.05) is 40.4 Å². The number of nitrogens with zero attached hydrogens (tertiary/aromatic N) is 2. The maximum Gasteiger partial charge on any atom is 0.573 e. The van der Waals surface area contributed by atoms with Gasteiger partial charge in [0.1, 0.15) is 5.75 Å². The van der Waals surface area contributed by atoms with Crippen molar-refractivity contribution in [3.63, 3.8) is 0 Å². The van der Waals surface area contributed by atoms with E-state index in [4.69, 9.17) is 4.74 Å². The molecule has 168 valence electrons. The second-order valence-corrected chi connectivity index (χ2v) is 8.83. The number of aryl methyl sites for hydroxylation is 1. The van der Waals surface area contributed by atoms with Crippen molar-refractivity contribution in [3.8, 4) is 5.75 Å². The van der Waals surface area contributed by atoms with E-state index in [0.29, 0.717) is 29.3 Å². The molecular formula is C21H30F3N3O2S. The number of benzene rings is 1. The summed E-state index contributed by atoms with van der Waals surface area (Å²) in [7, 11) is 3.47. The van der Waals surface area contributed by atoms with Crippen LogP contribution < -0.4 is 10.1 Å². The first-order valence-electron chi connectivity index (χ1n) is 9.83. The Bertz CT molecular complexity index is 766. The van der Waals surface area contributed by atoms with Gasteiger partial charge in [-0.3, -0.25) is 4.90 Å². The number of aliphatic imine (C=N–C) groups is 1. The maximum atomic E-state index is 12.7. The quantitative estimate of drug-likeness (QED) is 0.605. The molecule has 2 rings (SSSR count). The Hall–Kier alpha value is -1.71. The molecule has 0 bridgehead atoms. The molecule has 0 saturated heterocycles. The molecule has 30 heavy (non-hydrogen) atoms. The van der Waals surface area contributed by atoms with Gasteiger partial charge >= 0.3 is 6.36 Å². The van der Waals surface area contributed by atoms with E-state index >= 15 is 0 Å². The normalized spacial score (nSPS) is 17.2. The van der Waals surface area contributed by atoms with Gasteiger partial charge in [0.25, 0.3) is 0 Å². The average molecular weight is 446 g/mol. The van der Waals surface area contributed by atoms with Crippen molar-refractivity contribution in [2.24, 2.45) is 10.9 Å². The Morgan fingerprint density at radius 2 is 2.00 bits per heavy atom. The predicted octanol–water partition coefficient (Wildman–Crippen LogP) is 4.53. The highest BCUT2D eigenvalue weighted by Crippen LogP contribution is 2.32. The minimum atomic E-state index is -4.73. The van der Waals surface area contributed by atoms with E-state index in [-0.39, 0.29) is 11.0 Å². The molecule has 1 aromatic carbocycles. The fraction of sp³-hybridized carbons (Fsp3) is 0.571. The van der Waals surface area contributed by atoms with Gasteiger partial charge in [0.2, 0.25) is 0 Å². The molecule has 1 unspecified atom stereocenters. The van der Waals surface area contributed by atoms with Crippen LogP contribution in [0.15, 0.2) is 29.3 Å². The number of ether oxygens (including phenoxy) is 2. The number of amidine groups is 1. The van der Waals surface area contributed by atoms with E-state index in [1.54, 1.807) is 32.8 Å². The minimum absolute atomic E-state index is 0.100. The highest BCUT2D eigenvalue weighted by molar-refractivity contribution is 8.14. The van der Waals surface area contributed by atoms with Gasteiger partial charge in [0.15, 0.2) is 5.17 Å². The van der Waals surface area contributed by atoms with E-state index in [2.05, 4.69) is 33.8 Å². The van der Waals surface area contributed by atoms with Crippen molar-refractivity contribution in [3.05, 3.63) is 35.4 Å². The summed E-state index contributed by atoms with van der Waals surface area (Å²) in [6, 6.07) is 4.56. The molecule has 1 N–H and O–H groups in total. The van der Waals surface area contributed by atoms with Crippen LogP contribution in [0.4, 0.5) is 13.2 Å². The molecule has 5 nitrogen and oxygen atoms in total. The molecule has 9 heteroatoms. The molecule has 0 radical (unpaired) electrons. The zero-order valence-corrected chi connectivity index (χ0v) is 18.9. The highest BCUT2D eigenvalue weighted by Gasteiger charge is 2.31. The topological polar surface area (TPSA) is 46.1 Å². The van der Waals surface area contributed by atoms with E-state index in [1.165, 1.54) is 12.1 Å². The summed E-state index contributed by atoms with van der Waals surface area (Å²) in [5.41, 5.74) is 1.90. The van der Waals surface area contributed by atoms with Crippen LogP contribution in [0.3, 0.4) is 0 Å². The van der Waals surface area contributed by atoms with Gasteiger partial charge in [0, 0.05) is 44.6 Å². The largest absolute Gasteiger partial charge is 0.573 e. The number of hydrogen-bond acceptors (Lipinski definition) is 6. The molecule has 0 fully saturated rings. The van der Waals surface area contributed by atoms with Crippen molar-refractivity contribution >= 4 is 22.6 Å². The van der Waals surface area contributed by atoms with E-state index in [1.807, 2.05) is 12.1 Å². The van der Waals surface area contributed by atoms with Gasteiger partial charge in [-0.05, 0) is 42.7 Å². The summed E-state index contributed by atoms with van der Waals surface area (Å²) >= 11 is 1.61. The van der Waals surface area contributed by atoms with Crippen LogP contribution in [-0.2, 0) is 4.74 Å². The number of halogens is 3. The Labute approximate surface area is 180 Å². The third-order valence-electron chi connectivity index (χ3n) is 4.30. The Morgan fingerprint density at radius 3 is 2.60 bits per heavy atom. The second kappa shape index (κ2) is 11.1. The van der Waals surface area contributed by atoms with Gasteiger partial charge < -0.3 is 14.8 Å². The molecule has 1 aliphatic heterocycles. The molecule has 1 aromatic rings. The van der Waals surface area contributed by atoms with Crippen LogP contribution in [0.5, 0.6) is 5.75 Å². The Balaban J connectivity index is 2.29.